The van der Waals surface area contributed by atoms with Gasteiger partial charge in [-0.1, -0.05) is 30.3 Å². The lowest BCUT2D eigenvalue weighted by atomic mass is 10.0. The molecule has 1 aromatic carbocycles. The number of epoxide rings is 1. The second kappa shape index (κ2) is 4.97. The number of carbonyl (C=O) groups is 1. The van der Waals surface area contributed by atoms with Crippen molar-refractivity contribution < 1.29 is 22.7 Å². The van der Waals surface area contributed by atoms with Crippen molar-refractivity contribution in [2.75, 3.05) is 6.61 Å². The average Bonchev–Trinajstić information content (AvgIpc) is 3.12. The maximum atomic E-state index is 12.2. The molecule has 1 aliphatic rings. The fourth-order valence-corrected chi connectivity index (χ4v) is 1.67. The first-order valence-corrected chi connectivity index (χ1v) is 5.51. The van der Waals surface area contributed by atoms with E-state index < -0.39 is 18.1 Å². The molecule has 1 aromatic rings. The van der Waals surface area contributed by atoms with E-state index >= 15 is 0 Å². The summed E-state index contributed by atoms with van der Waals surface area (Å²) >= 11 is 0. The number of rotatable bonds is 4. The molecule has 1 saturated heterocycles. The van der Waals surface area contributed by atoms with Gasteiger partial charge in [-0.2, -0.15) is 13.2 Å². The largest absolute Gasteiger partial charge is 0.471 e. The van der Waals surface area contributed by atoms with Crippen LogP contribution in [0.1, 0.15) is 18.0 Å². The van der Waals surface area contributed by atoms with Gasteiger partial charge in [-0.3, -0.25) is 4.79 Å². The van der Waals surface area contributed by atoms with Gasteiger partial charge in [-0.05, 0) is 5.56 Å². The molecule has 98 valence electrons. The lowest BCUT2D eigenvalue weighted by molar-refractivity contribution is -0.174. The number of carbonyl (C=O) groups excluding carboxylic acids is 1. The van der Waals surface area contributed by atoms with Crippen molar-refractivity contribution in [2.45, 2.75) is 24.7 Å². The van der Waals surface area contributed by atoms with Gasteiger partial charge in [0.05, 0.1) is 18.8 Å². The second-order valence-corrected chi connectivity index (χ2v) is 4.13. The number of hydrogen-bond donors (Lipinski definition) is 1. The predicted molar refractivity (Wildman–Crippen MR) is 57.7 cm³/mol. The summed E-state index contributed by atoms with van der Waals surface area (Å²) in [6, 6.07) is 7.89. The molecule has 3 nitrogen and oxygen atoms in total. The van der Waals surface area contributed by atoms with Crippen molar-refractivity contribution in [1.29, 1.82) is 0 Å². The number of amides is 1. The smallest absolute Gasteiger partial charge is 0.373 e. The number of hydrogen-bond acceptors (Lipinski definition) is 2. The summed E-state index contributed by atoms with van der Waals surface area (Å²) in [7, 11) is 0. The Morgan fingerprint density at radius 3 is 2.50 bits per heavy atom. The van der Waals surface area contributed by atoms with Gasteiger partial charge in [0, 0.05) is 6.42 Å². The maximum absolute atomic E-state index is 12.2. The van der Waals surface area contributed by atoms with Gasteiger partial charge in [0.2, 0.25) is 0 Å². The minimum absolute atomic E-state index is 0.0660. The van der Waals surface area contributed by atoms with Crippen LogP contribution < -0.4 is 5.32 Å². The Bertz CT molecular complexity index is 415. The van der Waals surface area contributed by atoms with Crippen LogP contribution in [-0.4, -0.2) is 24.8 Å². The molecule has 2 rings (SSSR count). The summed E-state index contributed by atoms with van der Waals surface area (Å²) in [5, 5.41) is 2.00. The van der Waals surface area contributed by atoms with E-state index in [1.807, 2.05) is 5.32 Å². The first-order chi connectivity index (χ1) is 8.47. The predicted octanol–water partition coefficient (Wildman–Crippen LogP) is 2.20. The zero-order valence-electron chi connectivity index (χ0n) is 9.41. The first kappa shape index (κ1) is 12.9. The Morgan fingerprint density at radius 2 is 2.00 bits per heavy atom. The number of alkyl halides is 3. The molecular formula is C12H12F3NO2. The van der Waals surface area contributed by atoms with Crippen molar-refractivity contribution in [1.82, 2.24) is 5.32 Å². The lowest BCUT2D eigenvalue weighted by Gasteiger charge is -2.19. The third-order valence-electron chi connectivity index (χ3n) is 2.67. The van der Waals surface area contributed by atoms with Crippen LogP contribution in [0.3, 0.4) is 0 Å². The number of halogens is 3. The highest BCUT2D eigenvalue weighted by Crippen LogP contribution is 2.27. The van der Waals surface area contributed by atoms with E-state index in [4.69, 9.17) is 4.74 Å². The van der Waals surface area contributed by atoms with Crippen LogP contribution >= 0.6 is 0 Å². The van der Waals surface area contributed by atoms with Crippen molar-refractivity contribution in [2.24, 2.45) is 0 Å². The molecule has 0 radical (unpaired) electrons. The molecule has 0 saturated carbocycles. The van der Waals surface area contributed by atoms with E-state index in [0.717, 1.165) is 0 Å². The fraction of sp³-hybridized carbons (Fsp3) is 0.417. The first-order valence-electron chi connectivity index (χ1n) is 5.51. The fourth-order valence-electron chi connectivity index (χ4n) is 1.67. The van der Waals surface area contributed by atoms with E-state index in [0.29, 0.717) is 18.6 Å². The molecule has 1 amide bonds. The van der Waals surface area contributed by atoms with Gasteiger partial charge >= 0.3 is 12.1 Å². The Balaban J connectivity index is 2.08. The summed E-state index contributed by atoms with van der Waals surface area (Å²) < 4.78 is 41.7. The quantitative estimate of drug-likeness (QED) is 0.842. The minimum atomic E-state index is -4.86. The number of nitrogens with one attached hydrogen (secondary N) is 1. The molecule has 0 unspecified atom stereocenters. The zero-order valence-corrected chi connectivity index (χ0v) is 9.41. The molecule has 0 bridgehead atoms. The van der Waals surface area contributed by atoms with Gasteiger partial charge < -0.3 is 10.1 Å². The Kier molecular flexibility index (Phi) is 3.56. The normalized spacial score (nSPS) is 20.3. The summed E-state index contributed by atoms with van der Waals surface area (Å²) in [6.45, 7) is 0.533. The van der Waals surface area contributed by atoms with Crippen molar-refractivity contribution >= 4 is 5.91 Å². The molecule has 1 heterocycles. The Hall–Kier alpha value is -1.56. The number of benzene rings is 1. The Morgan fingerprint density at radius 1 is 1.39 bits per heavy atom. The van der Waals surface area contributed by atoms with Crippen molar-refractivity contribution in [3.63, 3.8) is 0 Å². The maximum Gasteiger partial charge on any atom is 0.471 e. The SMILES string of the molecule is O=C(N[C@@H](C[C@@H]1CO1)c1ccccc1)C(F)(F)F. The van der Waals surface area contributed by atoms with E-state index in [1.165, 1.54) is 0 Å². The van der Waals surface area contributed by atoms with Crippen molar-refractivity contribution in [3.8, 4) is 0 Å². The monoisotopic (exact) mass is 259 g/mol. The highest BCUT2D eigenvalue weighted by molar-refractivity contribution is 5.82. The van der Waals surface area contributed by atoms with Crippen LogP contribution in [0.4, 0.5) is 13.2 Å². The minimum Gasteiger partial charge on any atom is -0.373 e. The second-order valence-electron chi connectivity index (χ2n) is 4.13. The van der Waals surface area contributed by atoms with Crippen LogP contribution in [0.15, 0.2) is 30.3 Å². The molecular weight excluding hydrogens is 247 g/mol. The topological polar surface area (TPSA) is 41.6 Å². The molecule has 18 heavy (non-hydrogen) atoms. The molecule has 2 atom stereocenters. The third kappa shape index (κ3) is 3.46. The number of ether oxygens (including phenoxy) is 1. The van der Waals surface area contributed by atoms with Gasteiger partial charge in [-0.15, -0.1) is 0 Å². The summed E-state index contributed by atoms with van der Waals surface area (Å²) in [6.07, 6.45) is -4.58. The van der Waals surface area contributed by atoms with E-state index in [2.05, 4.69) is 0 Å². The average molecular weight is 259 g/mol. The van der Waals surface area contributed by atoms with Crippen LogP contribution in [0, 0.1) is 0 Å². The lowest BCUT2D eigenvalue weighted by Crippen LogP contribution is -2.39. The summed E-state index contributed by atoms with van der Waals surface area (Å²) in [5.41, 5.74) is 0.644. The van der Waals surface area contributed by atoms with Gasteiger partial charge in [0.25, 0.3) is 0 Å². The molecule has 1 N–H and O–H groups in total. The third-order valence-corrected chi connectivity index (χ3v) is 2.67. The van der Waals surface area contributed by atoms with Crippen molar-refractivity contribution in [3.05, 3.63) is 35.9 Å². The highest BCUT2D eigenvalue weighted by atomic mass is 19.4. The van der Waals surface area contributed by atoms with Crippen LogP contribution in [0.25, 0.3) is 0 Å². The summed E-state index contributed by atoms with van der Waals surface area (Å²) in [5.74, 6) is -1.92. The highest BCUT2D eigenvalue weighted by Gasteiger charge is 2.40. The standard InChI is InChI=1S/C12H12F3NO2/c13-12(14,15)11(17)16-10(6-9-7-18-9)8-4-2-1-3-5-8/h1-5,9-10H,6-7H2,(H,16,17)/t9-,10+/m1/s1. The van der Waals surface area contributed by atoms with Gasteiger partial charge in [0.15, 0.2) is 0 Å². The molecule has 1 aliphatic heterocycles. The van der Waals surface area contributed by atoms with Crippen LogP contribution in [-0.2, 0) is 9.53 Å². The molecule has 0 aliphatic carbocycles. The van der Waals surface area contributed by atoms with E-state index in [1.54, 1.807) is 30.3 Å². The van der Waals surface area contributed by atoms with E-state index in [-0.39, 0.29) is 6.10 Å². The summed E-state index contributed by atoms with van der Waals surface area (Å²) in [4.78, 5) is 11.0. The van der Waals surface area contributed by atoms with Gasteiger partial charge in [-0.25, -0.2) is 0 Å². The molecule has 6 heteroatoms. The Labute approximate surface area is 102 Å². The van der Waals surface area contributed by atoms with Crippen LogP contribution in [0.2, 0.25) is 0 Å². The van der Waals surface area contributed by atoms with Crippen LogP contribution in [0.5, 0.6) is 0 Å². The molecule has 0 spiro atoms. The molecule has 1 fully saturated rings. The zero-order chi connectivity index (χ0) is 13.2. The van der Waals surface area contributed by atoms with E-state index in [9.17, 15) is 18.0 Å². The molecule has 0 aromatic heterocycles. The van der Waals surface area contributed by atoms with Gasteiger partial charge in [0.1, 0.15) is 0 Å².